The van der Waals surface area contributed by atoms with E-state index in [0.29, 0.717) is 18.9 Å². The van der Waals surface area contributed by atoms with Crippen molar-refractivity contribution < 1.29 is 9.53 Å². The molecule has 24 heavy (non-hydrogen) atoms. The van der Waals surface area contributed by atoms with Crippen LogP contribution in [-0.2, 0) is 11.2 Å². The van der Waals surface area contributed by atoms with E-state index < -0.39 is 0 Å². The van der Waals surface area contributed by atoms with Gasteiger partial charge in [-0.3, -0.25) is 9.78 Å². The number of aromatic nitrogens is 2. The summed E-state index contributed by atoms with van der Waals surface area (Å²) in [6, 6.07) is 3.64. The maximum absolute atomic E-state index is 12.5. The predicted molar refractivity (Wildman–Crippen MR) is 94.6 cm³/mol. The van der Waals surface area contributed by atoms with E-state index in [9.17, 15) is 4.79 Å². The van der Waals surface area contributed by atoms with E-state index in [1.54, 1.807) is 17.5 Å². The fraction of sp³-hybridized carbons (Fsp3) is 0.471. The molecular weight excluding hydrogens is 324 g/mol. The standard InChI is InChI=1S/C17H22N4O2S/c1-3-14-11-19-17(24-14)12(2)20-16(22)15-10-13(4-5-18-15)21-6-8-23-9-7-21/h4-5,10-12H,3,6-9H2,1-2H3,(H,20,22)/t12-/m1/s1. The van der Waals surface area contributed by atoms with Gasteiger partial charge in [-0.05, 0) is 25.5 Å². The minimum Gasteiger partial charge on any atom is -0.378 e. The van der Waals surface area contributed by atoms with Gasteiger partial charge in [-0.25, -0.2) is 4.98 Å². The van der Waals surface area contributed by atoms with Crippen molar-refractivity contribution in [3.8, 4) is 0 Å². The lowest BCUT2D eigenvalue weighted by molar-refractivity contribution is 0.0935. The molecule has 0 aromatic carbocycles. The van der Waals surface area contributed by atoms with E-state index in [4.69, 9.17) is 4.74 Å². The zero-order valence-electron chi connectivity index (χ0n) is 14.0. The van der Waals surface area contributed by atoms with Crippen LogP contribution in [0.25, 0.3) is 0 Å². The summed E-state index contributed by atoms with van der Waals surface area (Å²) in [5.74, 6) is -0.175. The Bertz CT molecular complexity index is 697. The van der Waals surface area contributed by atoms with Crippen LogP contribution in [0.4, 0.5) is 5.69 Å². The maximum atomic E-state index is 12.5. The molecule has 1 fully saturated rings. The van der Waals surface area contributed by atoms with Gasteiger partial charge in [-0.1, -0.05) is 6.92 Å². The molecule has 0 radical (unpaired) electrons. The van der Waals surface area contributed by atoms with Gasteiger partial charge < -0.3 is 15.0 Å². The third-order valence-corrected chi connectivity index (χ3v) is 5.31. The minimum absolute atomic E-state index is 0.128. The van der Waals surface area contributed by atoms with E-state index in [2.05, 4.69) is 27.1 Å². The van der Waals surface area contributed by atoms with Crippen LogP contribution in [-0.4, -0.2) is 42.2 Å². The summed E-state index contributed by atoms with van der Waals surface area (Å²) in [5, 5.41) is 3.90. The maximum Gasteiger partial charge on any atom is 0.270 e. The number of nitrogens with zero attached hydrogens (tertiary/aromatic N) is 3. The van der Waals surface area contributed by atoms with E-state index in [1.807, 2.05) is 25.3 Å². The van der Waals surface area contributed by atoms with Crippen molar-refractivity contribution in [3.05, 3.63) is 40.1 Å². The predicted octanol–water partition coefficient (Wildman–Crippen LogP) is 2.43. The molecule has 6 nitrogen and oxygen atoms in total. The molecule has 0 aliphatic carbocycles. The van der Waals surface area contributed by atoms with Crippen LogP contribution in [0, 0.1) is 0 Å². The molecule has 1 aliphatic heterocycles. The van der Waals surface area contributed by atoms with Crippen LogP contribution in [0.15, 0.2) is 24.5 Å². The lowest BCUT2D eigenvalue weighted by Gasteiger charge is -2.28. The molecule has 0 spiro atoms. The van der Waals surface area contributed by atoms with Crippen molar-refractivity contribution in [1.29, 1.82) is 0 Å². The van der Waals surface area contributed by atoms with Crippen molar-refractivity contribution in [1.82, 2.24) is 15.3 Å². The molecule has 3 heterocycles. The number of carbonyl (C=O) groups is 1. The van der Waals surface area contributed by atoms with Gasteiger partial charge in [-0.15, -0.1) is 11.3 Å². The second-order valence-electron chi connectivity index (χ2n) is 5.71. The molecule has 0 unspecified atom stereocenters. The Kier molecular flexibility index (Phi) is 5.42. The van der Waals surface area contributed by atoms with Crippen LogP contribution in [0.2, 0.25) is 0 Å². The van der Waals surface area contributed by atoms with E-state index in [-0.39, 0.29) is 11.9 Å². The number of amides is 1. The molecule has 1 amide bonds. The zero-order valence-corrected chi connectivity index (χ0v) is 14.8. The van der Waals surface area contributed by atoms with E-state index >= 15 is 0 Å². The Labute approximate surface area is 145 Å². The van der Waals surface area contributed by atoms with Gasteiger partial charge in [0.05, 0.1) is 19.3 Å². The van der Waals surface area contributed by atoms with Gasteiger partial charge in [0.15, 0.2) is 0 Å². The number of ether oxygens (including phenoxy) is 1. The SMILES string of the molecule is CCc1cnc([C@@H](C)NC(=O)c2cc(N3CCOCC3)ccn2)s1. The first-order chi connectivity index (χ1) is 11.7. The first-order valence-electron chi connectivity index (χ1n) is 8.21. The molecule has 0 saturated carbocycles. The molecule has 1 aliphatic rings. The molecule has 1 saturated heterocycles. The van der Waals surface area contributed by atoms with Crippen molar-refractivity contribution >= 4 is 22.9 Å². The number of rotatable bonds is 5. The third-order valence-electron chi connectivity index (χ3n) is 3.99. The second kappa shape index (κ2) is 7.72. The Hall–Kier alpha value is -1.99. The van der Waals surface area contributed by atoms with Crippen LogP contribution in [0.5, 0.6) is 0 Å². The summed E-state index contributed by atoms with van der Waals surface area (Å²) in [6.45, 7) is 7.14. The summed E-state index contributed by atoms with van der Waals surface area (Å²) >= 11 is 1.64. The Morgan fingerprint density at radius 1 is 1.42 bits per heavy atom. The third kappa shape index (κ3) is 3.91. The number of nitrogens with one attached hydrogen (secondary N) is 1. The summed E-state index contributed by atoms with van der Waals surface area (Å²) in [6.07, 6.45) is 4.52. The summed E-state index contributed by atoms with van der Waals surface area (Å²) in [4.78, 5) is 24.5. The van der Waals surface area contributed by atoms with Gasteiger partial charge in [0.25, 0.3) is 5.91 Å². The van der Waals surface area contributed by atoms with Gasteiger partial charge >= 0.3 is 0 Å². The highest BCUT2D eigenvalue weighted by Crippen LogP contribution is 2.21. The van der Waals surface area contributed by atoms with Gasteiger partial charge in [0.2, 0.25) is 0 Å². The Balaban J connectivity index is 1.68. The number of carbonyl (C=O) groups excluding carboxylic acids is 1. The highest BCUT2D eigenvalue weighted by atomic mass is 32.1. The Morgan fingerprint density at radius 3 is 2.92 bits per heavy atom. The van der Waals surface area contributed by atoms with E-state index in [1.165, 1.54) is 4.88 Å². The second-order valence-corrected chi connectivity index (χ2v) is 6.86. The van der Waals surface area contributed by atoms with Crippen molar-refractivity contribution in [2.45, 2.75) is 26.3 Å². The lowest BCUT2D eigenvalue weighted by atomic mass is 10.2. The number of anilines is 1. The van der Waals surface area contributed by atoms with Crippen LogP contribution in [0.3, 0.4) is 0 Å². The topological polar surface area (TPSA) is 67.4 Å². The molecule has 3 rings (SSSR count). The van der Waals surface area contributed by atoms with Crippen molar-refractivity contribution in [2.24, 2.45) is 0 Å². The number of morpholine rings is 1. The monoisotopic (exact) mass is 346 g/mol. The number of pyridine rings is 1. The normalized spacial score (nSPS) is 16.0. The minimum atomic E-state index is -0.175. The molecule has 1 atom stereocenters. The summed E-state index contributed by atoms with van der Waals surface area (Å²) in [7, 11) is 0. The molecular formula is C17H22N4O2S. The highest BCUT2D eigenvalue weighted by molar-refractivity contribution is 7.11. The van der Waals surface area contributed by atoms with Gasteiger partial charge in [-0.2, -0.15) is 0 Å². The van der Waals surface area contributed by atoms with E-state index in [0.717, 1.165) is 30.2 Å². The summed E-state index contributed by atoms with van der Waals surface area (Å²) in [5.41, 5.74) is 1.44. The average Bonchev–Trinajstić information content (AvgIpc) is 3.12. The van der Waals surface area contributed by atoms with Crippen molar-refractivity contribution in [3.63, 3.8) is 0 Å². The number of aryl methyl sites for hydroxylation is 1. The smallest absolute Gasteiger partial charge is 0.270 e. The first kappa shape index (κ1) is 16.9. The highest BCUT2D eigenvalue weighted by Gasteiger charge is 2.17. The van der Waals surface area contributed by atoms with Crippen LogP contribution >= 0.6 is 11.3 Å². The molecule has 128 valence electrons. The Morgan fingerprint density at radius 2 is 2.21 bits per heavy atom. The average molecular weight is 346 g/mol. The van der Waals surface area contributed by atoms with Crippen LogP contribution in [0.1, 0.15) is 40.3 Å². The summed E-state index contributed by atoms with van der Waals surface area (Å²) < 4.78 is 5.37. The molecule has 0 bridgehead atoms. The molecule has 1 N–H and O–H groups in total. The largest absolute Gasteiger partial charge is 0.378 e. The number of hydrogen-bond acceptors (Lipinski definition) is 6. The molecule has 2 aromatic rings. The molecule has 2 aromatic heterocycles. The fourth-order valence-corrected chi connectivity index (χ4v) is 3.44. The number of hydrogen-bond donors (Lipinski definition) is 1. The first-order valence-corrected chi connectivity index (χ1v) is 9.03. The number of thiazole rings is 1. The fourth-order valence-electron chi connectivity index (χ4n) is 2.58. The quantitative estimate of drug-likeness (QED) is 0.901. The van der Waals surface area contributed by atoms with Gasteiger partial charge in [0.1, 0.15) is 10.7 Å². The lowest BCUT2D eigenvalue weighted by Crippen LogP contribution is -2.36. The molecule has 7 heteroatoms. The zero-order chi connectivity index (χ0) is 16.9. The van der Waals surface area contributed by atoms with Crippen LogP contribution < -0.4 is 10.2 Å². The van der Waals surface area contributed by atoms with Crippen molar-refractivity contribution in [2.75, 3.05) is 31.2 Å². The van der Waals surface area contributed by atoms with Gasteiger partial charge in [0, 0.05) is 36.0 Å².